The highest BCUT2D eigenvalue weighted by Crippen LogP contribution is 2.33. The fraction of sp³-hybridized carbons (Fsp3) is 0.667. The standard InChI is InChI=1S/C9H14O2/c1-6-7(10)4-5-9(2,3)8(6)11/h4,6,10H,5H2,1-3H3. The van der Waals surface area contributed by atoms with Crippen molar-refractivity contribution in [1.29, 1.82) is 0 Å². The third kappa shape index (κ3) is 1.30. The summed E-state index contributed by atoms with van der Waals surface area (Å²) in [4.78, 5) is 11.5. The van der Waals surface area contributed by atoms with E-state index in [1.165, 1.54) is 0 Å². The third-order valence-corrected chi connectivity index (χ3v) is 2.33. The van der Waals surface area contributed by atoms with Gasteiger partial charge in [-0.15, -0.1) is 0 Å². The number of hydrogen-bond donors (Lipinski definition) is 1. The zero-order valence-electron chi connectivity index (χ0n) is 7.22. The molecule has 0 fully saturated rings. The van der Waals surface area contributed by atoms with Crippen molar-refractivity contribution < 1.29 is 9.90 Å². The van der Waals surface area contributed by atoms with Crippen molar-refractivity contribution >= 4 is 5.78 Å². The minimum absolute atomic E-state index is 0.137. The van der Waals surface area contributed by atoms with Gasteiger partial charge in [0.05, 0.1) is 11.7 Å². The van der Waals surface area contributed by atoms with Crippen molar-refractivity contribution in [3.8, 4) is 0 Å². The van der Waals surface area contributed by atoms with E-state index in [0.717, 1.165) is 0 Å². The smallest absolute Gasteiger partial charge is 0.149 e. The van der Waals surface area contributed by atoms with Gasteiger partial charge in [-0.05, 0) is 19.4 Å². The van der Waals surface area contributed by atoms with Crippen molar-refractivity contribution in [2.24, 2.45) is 11.3 Å². The Morgan fingerprint density at radius 2 is 2.18 bits per heavy atom. The Hall–Kier alpha value is -0.790. The molecule has 0 aliphatic heterocycles. The number of rotatable bonds is 0. The highest BCUT2D eigenvalue weighted by molar-refractivity contribution is 5.89. The van der Waals surface area contributed by atoms with E-state index >= 15 is 0 Å². The first-order valence-corrected chi connectivity index (χ1v) is 3.88. The topological polar surface area (TPSA) is 37.3 Å². The van der Waals surface area contributed by atoms with Crippen LogP contribution in [0.4, 0.5) is 0 Å². The molecule has 0 aromatic rings. The zero-order valence-corrected chi connectivity index (χ0v) is 7.22. The molecular formula is C9H14O2. The predicted molar refractivity (Wildman–Crippen MR) is 43.3 cm³/mol. The number of Topliss-reactive ketones (excluding diaryl/α,β-unsaturated/α-hetero) is 1. The van der Waals surface area contributed by atoms with Crippen LogP contribution in [-0.2, 0) is 4.79 Å². The summed E-state index contributed by atoms with van der Waals surface area (Å²) in [5, 5.41) is 9.22. The van der Waals surface area contributed by atoms with Crippen LogP contribution < -0.4 is 0 Å². The second-order valence-electron chi connectivity index (χ2n) is 3.80. The summed E-state index contributed by atoms with van der Waals surface area (Å²) in [5.41, 5.74) is -0.286. The summed E-state index contributed by atoms with van der Waals surface area (Å²) in [6.07, 6.45) is 2.40. The van der Waals surface area contributed by atoms with E-state index in [9.17, 15) is 9.90 Å². The van der Waals surface area contributed by atoms with E-state index in [0.29, 0.717) is 6.42 Å². The Bertz CT molecular complexity index is 214. The first-order valence-electron chi connectivity index (χ1n) is 3.88. The summed E-state index contributed by atoms with van der Waals surface area (Å²) in [6, 6.07) is 0. The Labute approximate surface area is 66.9 Å². The molecule has 0 bridgehead atoms. The van der Waals surface area contributed by atoms with Crippen LogP contribution in [0, 0.1) is 11.3 Å². The van der Waals surface area contributed by atoms with Gasteiger partial charge in [-0.1, -0.05) is 13.8 Å². The molecule has 0 aromatic heterocycles. The fourth-order valence-electron chi connectivity index (χ4n) is 1.36. The molecular weight excluding hydrogens is 140 g/mol. The molecule has 1 aliphatic rings. The van der Waals surface area contributed by atoms with E-state index < -0.39 is 0 Å². The number of ketones is 1. The number of allylic oxidation sites excluding steroid dienone is 2. The van der Waals surface area contributed by atoms with Crippen LogP contribution in [0.1, 0.15) is 27.2 Å². The van der Waals surface area contributed by atoms with Gasteiger partial charge in [0.1, 0.15) is 5.78 Å². The number of carbonyl (C=O) groups excluding carboxylic acids is 1. The summed E-state index contributed by atoms with van der Waals surface area (Å²) < 4.78 is 0. The van der Waals surface area contributed by atoms with Crippen molar-refractivity contribution in [2.75, 3.05) is 0 Å². The maximum atomic E-state index is 11.5. The number of carbonyl (C=O) groups is 1. The van der Waals surface area contributed by atoms with Gasteiger partial charge in [-0.3, -0.25) is 4.79 Å². The van der Waals surface area contributed by atoms with E-state index in [2.05, 4.69) is 0 Å². The van der Waals surface area contributed by atoms with Crippen molar-refractivity contribution in [3.05, 3.63) is 11.8 Å². The summed E-state index contributed by atoms with van der Waals surface area (Å²) in [7, 11) is 0. The molecule has 1 rings (SSSR count). The van der Waals surface area contributed by atoms with Crippen LogP contribution in [0.3, 0.4) is 0 Å². The molecule has 0 amide bonds. The molecule has 11 heavy (non-hydrogen) atoms. The van der Waals surface area contributed by atoms with E-state index in [4.69, 9.17) is 0 Å². The highest BCUT2D eigenvalue weighted by atomic mass is 16.3. The molecule has 1 unspecified atom stereocenters. The molecule has 0 saturated carbocycles. The number of aliphatic hydroxyl groups is 1. The van der Waals surface area contributed by atoms with Gasteiger partial charge in [-0.25, -0.2) is 0 Å². The minimum Gasteiger partial charge on any atom is -0.512 e. The first kappa shape index (κ1) is 8.31. The predicted octanol–water partition coefficient (Wildman–Crippen LogP) is 2.06. The van der Waals surface area contributed by atoms with Crippen LogP contribution >= 0.6 is 0 Å². The number of aliphatic hydroxyl groups excluding tert-OH is 1. The van der Waals surface area contributed by atoms with Crippen LogP contribution in [-0.4, -0.2) is 10.9 Å². The van der Waals surface area contributed by atoms with Crippen molar-refractivity contribution in [3.63, 3.8) is 0 Å². The summed E-state index contributed by atoms with van der Waals surface area (Å²) in [6.45, 7) is 5.57. The molecule has 2 heteroatoms. The molecule has 1 aliphatic carbocycles. The monoisotopic (exact) mass is 154 g/mol. The molecule has 2 nitrogen and oxygen atoms in total. The van der Waals surface area contributed by atoms with Crippen LogP contribution in [0.2, 0.25) is 0 Å². The van der Waals surface area contributed by atoms with Gasteiger partial charge in [0.25, 0.3) is 0 Å². The molecule has 1 N–H and O–H groups in total. The third-order valence-electron chi connectivity index (χ3n) is 2.33. The molecule has 0 aromatic carbocycles. The average molecular weight is 154 g/mol. The van der Waals surface area contributed by atoms with Gasteiger partial charge in [0, 0.05) is 5.41 Å². The van der Waals surface area contributed by atoms with E-state index in [1.807, 2.05) is 13.8 Å². The Morgan fingerprint density at radius 3 is 2.64 bits per heavy atom. The molecule has 1 atom stereocenters. The van der Waals surface area contributed by atoms with Crippen molar-refractivity contribution in [1.82, 2.24) is 0 Å². The SMILES string of the molecule is CC1C(=O)C(C)(C)CC=C1O. The first-order chi connectivity index (χ1) is 4.95. The van der Waals surface area contributed by atoms with Crippen LogP contribution in [0.15, 0.2) is 11.8 Å². The summed E-state index contributed by atoms with van der Waals surface area (Å²) >= 11 is 0. The molecule has 62 valence electrons. The van der Waals surface area contributed by atoms with E-state index in [-0.39, 0.29) is 22.9 Å². The molecule has 0 radical (unpaired) electrons. The van der Waals surface area contributed by atoms with Crippen LogP contribution in [0.5, 0.6) is 0 Å². The molecule has 0 heterocycles. The summed E-state index contributed by atoms with van der Waals surface area (Å²) in [5.74, 6) is 0.0607. The molecule has 0 saturated heterocycles. The Balaban J connectivity index is 2.94. The second kappa shape index (κ2) is 2.36. The van der Waals surface area contributed by atoms with Gasteiger partial charge in [0.2, 0.25) is 0 Å². The van der Waals surface area contributed by atoms with E-state index in [1.54, 1.807) is 13.0 Å². The lowest BCUT2D eigenvalue weighted by Crippen LogP contribution is -2.33. The lowest BCUT2D eigenvalue weighted by atomic mass is 9.74. The maximum Gasteiger partial charge on any atom is 0.149 e. The Morgan fingerprint density at radius 1 is 1.64 bits per heavy atom. The quantitative estimate of drug-likeness (QED) is 0.580. The largest absolute Gasteiger partial charge is 0.512 e. The second-order valence-corrected chi connectivity index (χ2v) is 3.80. The van der Waals surface area contributed by atoms with Gasteiger partial charge < -0.3 is 5.11 Å². The average Bonchev–Trinajstić information content (AvgIpc) is 1.95. The fourth-order valence-corrected chi connectivity index (χ4v) is 1.36. The Kier molecular flexibility index (Phi) is 1.78. The highest BCUT2D eigenvalue weighted by Gasteiger charge is 2.35. The minimum atomic E-state index is -0.307. The maximum absolute atomic E-state index is 11.5. The van der Waals surface area contributed by atoms with Crippen LogP contribution in [0.25, 0.3) is 0 Å². The van der Waals surface area contributed by atoms with Gasteiger partial charge in [-0.2, -0.15) is 0 Å². The normalized spacial score (nSPS) is 29.9. The number of hydrogen-bond acceptors (Lipinski definition) is 2. The van der Waals surface area contributed by atoms with Crippen molar-refractivity contribution in [2.45, 2.75) is 27.2 Å². The van der Waals surface area contributed by atoms with Gasteiger partial charge >= 0.3 is 0 Å². The zero-order chi connectivity index (χ0) is 8.65. The van der Waals surface area contributed by atoms with Gasteiger partial charge in [0.15, 0.2) is 0 Å². The lowest BCUT2D eigenvalue weighted by molar-refractivity contribution is -0.131. The molecule has 0 spiro atoms. The lowest BCUT2D eigenvalue weighted by Gasteiger charge is -2.29.